The molecule has 0 radical (unpaired) electrons. The molecule has 1 rings (SSSR count). The average Bonchev–Trinajstić information content (AvgIpc) is 2.15. The second-order valence-electron chi connectivity index (χ2n) is 3.02. The van der Waals surface area contributed by atoms with Crippen LogP contribution < -0.4 is 0 Å². The number of Topliss-reactive ketones (excluding diaryl/α,β-unsaturated/α-hetero) is 1. The molecule has 0 atom stereocenters. The molecule has 0 bridgehead atoms. The summed E-state index contributed by atoms with van der Waals surface area (Å²) < 4.78 is 37.0. The number of carbonyl (C=O) groups excluding carboxylic acids is 2. The van der Waals surface area contributed by atoms with Gasteiger partial charge in [0.15, 0.2) is 5.78 Å². The van der Waals surface area contributed by atoms with Gasteiger partial charge in [-0.2, -0.15) is 13.2 Å². The maximum absolute atomic E-state index is 12.3. The number of alkyl halides is 3. The number of hydrogen-bond acceptors (Lipinski definition) is 2. The zero-order valence-electron chi connectivity index (χ0n) is 7.76. The standard InChI is InChI=1S/C10H7F3O2/c1-6(15)8-2-7(5-14)3-9(4-8)10(11,12)13/h2-5H,1H3. The Labute approximate surface area is 83.7 Å². The van der Waals surface area contributed by atoms with Gasteiger partial charge in [-0.25, -0.2) is 0 Å². The Bertz CT molecular complexity index is 408. The van der Waals surface area contributed by atoms with Crippen molar-refractivity contribution in [1.82, 2.24) is 0 Å². The zero-order chi connectivity index (χ0) is 11.6. The third-order valence-corrected chi connectivity index (χ3v) is 1.83. The molecule has 0 unspecified atom stereocenters. The highest BCUT2D eigenvalue weighted by atomic mass is 19.4. The van der Waals surface area contributed by atoms with Gasteiger partial charge in [0.1, 0.15) is 6.29 Å². The fourth-order valence-electron chi connectivity index (χ4n) is 1.09. The molecule has 0 spiro atoms. The topological polar surface area (TPSA) is 34.1 Å². The molecule has 0 amide bonds. The maximum Gasteiger partial charge on any atom is 0.416 e. The van der Waals surface area contributed by atoms with E-state index >= 15 is 0 Å². The summed E-state index contributed by atoms with van der Waals surface area (Å²) in [7, 11) is 0. The first kappa shape index (κ1) is 11.4. The van der Waals surface area contributed by atoms with E-state index < -0.39 is 17.5 Å². The number of halogens is 3. The van der Waals surface area contributed by atoms with Crippen molar-refractivity contribution in [2.75, 3.05) is 0 Å². The van der Waals surface area contributed by atoms with Gasteiger partial charge in [-0.05, 0) is 25.1 Å². The first-order chi connectivity index (χ1) is 6.84. The summed E-state index contributed by atoms with van der Waals surface area (Å²) in [5.74, 6) is -0.510. The number of aldehydes is 1. The van der Waals surface area contributed by atoms with Gasteiger partial charge < -0.3 is 0 Å². The highest BCUT2D eigenvalue weighted by Gasteiger charge is 2.31. The highest BCUT2D eigenvalue weighted by molar-refractivity contribution is 5.95. The van der Waals surface area contributed by atoms with Crippen molar-refractivity contribution in [3.05, 3.63) is 34.9 Å². The number of benzene rings is 1. The molecule has 0 heterocycles. The van der Waals surface area contributed by atoms with E-state index in [-0.39, 0.29) is 17.4 Å². The molecule has 1 aromatic rings. The van der Waals surface area contributed by atoms with Crippen molar-refractivity contribution < 1.29 is 22.8 Å². The van der Waals surface area contributed by atoms with Gasteiger partial charge in [-0.3, -0.25) is 9.59 Å². The molecule has 1 aromatic carbocycles. The third-order valence-electron chi connectivity index (χ3n) is 1.83. The molecule has 0 saturated carbocycles. The second kappa shape index (κ2) is 3.84. The lowest BCUT2D eigenvalue weighted by Gasteiger charge is -2.08. The Morgan fingerprint density at radius 3 is 2.27 bits per heavy atom. The second-order valence-corrected chi connectivity index (χ2v) is 3.02. The molecule has 5 heteroatoms. The molecule has 0 saturated heterocycles. The van der Waals surface area contributed by atoms with E-state index in [1.54, 1.807) is 0 Å². The lowest BCUT2D eigenvalue weighted by atomic mass is 10.0. The van der Waals surface area contributed by atoms with E-state index in [4.69, 9.17) is 0 Å². The van der Waals surface area contributed by atoms with Gasteiger partial charge in [0.2, 0.25) is 0 Å². The number of hydrogen-bond donors (Lipinski definition) is 0. The lowest BCUT2D eigenvalue weighted by molar-refractivity contribution is -0.137. The fraction of sp³-hybridized carbons (Fsp3) is 0.200. The van der Waals surface area contributed by atoms with Crippen LogP contribution in [-0.4, -0.2) is 12.1 Å². The van der Waals surface area contributed by atoms with E-state index in [9.17, 15) is 22.8 Å². The van der Waals surface area contributed by atoms with Crippen LogP contribution in [0, 0.1) is 0 Å². The van der Waals surface area contributed by atoms with Crippen LogP contribution >= 0.6 is 0 Å². The fourth-order valence-corrected chi connectivity index (χ4v) is 1.09. The highest BCUT2D eigenvalue weighted by Crippen LogP contribution is 2.30. The molecule has 2 nitrogen and oxygen atoms in total. The minimum atomic E-state index is -4.55. The predicted octanol–water partition coefficient (Wildman–Crippen LogP) is 2.72. The SMILES string of the molecule is CC(=O)c1cc(C=O)cc(C(F)(F)F)c1. The summed E-state index contributed by atoms with van der Waals surface area (Å²) in [5.41, 5.74) is -1.26. The Morgan fingerprint density at radius 1 is 1.27 bits per heavy atom. The number of carbonyl (C=O) groups is 2. The van der Waals surface area contributed by atoms with Crippen LogP contribution in [0.15, 0.2) is 18.2 Å². The smallest absolute Gasteiger partial charge is 0.298 e. The largest absolute Gasteiger partial charge is 0.416 e. The van der Waals surface area contributed by atoms with Crippen LogP contribution in [0.4, 0.5) is 13.2 Å². The summed E-state index contributed by atoms with van der Waals surface area (Å²) >= 11 is 0. The Morgan fingerprint density at radius 2 is 1.87 bits per heavy atom. The van der Waals surface area contributed by atoms with Gasteiger partial charge >= 0.3 is 6.18 Å². The Kier molecular flexibility index (Phi) is 2.93. The van der Waals surface area contributed by atoms with Crippen LogP contribution in [-0.2, 0) is 6.18 Å². The van der Waals surface area contributed by atoms with Gasteiger partial charge in [0.05, 0.1) is 5.56 Å². The normalized spacial score (nSPS) is 11.2. The molecular weight excluding hydrogens is 209 g/mol. The van der Waals surface area contributed by atoms with Crippen LogP contribution in [0.5, 0.6) is 0 Å². The summed E-state index contributed by atoms with van der Waals surface area (Å²) in [4.78, 5) is 21.3. The van der Waals surface area contributed by atoms with Crippen LogP contribution in [0.2, 0.25) is 0 Å². The van der Waals surface area contributed by atoms with Crippen molar-refractivity contribution in [3.63, 3.8) is 0 Å². The number of rotatable bonds is 2. The van der Waals surface area contributed by atoms with Gasteiger partial charge in [0, 0.05) is 11.1 Å². The first-order valence-corrected chi connectivity index (χ1v) is 4.03. The van der Waals surface area contributed by atoms with Crippen molar-refractivity contribution in [2.45, 2.75) is 13.1 Å². The number of ketones is 1. The van der Waals surface area contributed by atoms with Crippen molar-refractivity contribution in [3.8, 4) is 0 Å². The minimum Gasteiger partial charge on any atom is -0.298 e. The van der Waals surface area contributed by atoms with E-state index in [0.29, 0.717) is 6.07 Å². The van der Waals surface area contributed by atoms with Gasteiger partial charge in [0.25, 0.3) is 0 Å². The van der Waals surface area contributed by atoms with Crippen LogP contribution in [0.1, 0.15) is 33.2 Å². The van der Waals surface area contributed by atoms with Crippen molar-refractivity contribution in [2.24, 2.45) is 0 Å². The summed E-state index contributed by atoms with van der Waals surface area (Å²) in [6.45, 7) is 1.14. The monoisotopic (exact) mass is 216 g/mol. The van der Waals surface area contributed by atoms with E-state index in [1.807, 2.05) is 0 Å². The van der Waals surface area contributed by atoms with Crippen molar-refractivity contribution >= 4 is 12.1 Å². The van der Waals surface area contributed by atoms with Gasteiger partial charge in [-0.15, -0.1) is 0 Å². The Balaban J connectivity index is 3.36. The molecular formula is C10H7F3O2. The van der Waals surface area contributed by atoms with E-state index in [1.165, 1.54) is 0 Å². The minimum absolute atomic E-state index is 0.119. The maximum atomic E-state index is 12.3. The molecule has 15 heavy (non-hydrogen) atoms. The first-order valence-electron chi connectivity index (χ1n) is 4.03. The lowest BCUT2D eigenvalue weighted by Crippen LogP contribution is -2.08. The molecule has 0 aliphatic carbocycles. The third kappa shape index (κ3) is 2.65. The van der Waals surface area contributed by atoms with Crippen molar-refractivity contribution in [1.29, 1.82) is 0 Å². The van der Waals surface area contributed by atoms with Gasteiger partial charge in [-0.1, -0.05) is 0 Å². The quantitative estimate of drug-likeness (QED) is 0.562. The zero-order valence-corrected chi connectivity index (χ0v) is 7.76. The van der Waals surface area contributed by atoms with Crippen LogP contribution in [0.3, 0.4) is 0 Å². The molecule has 0 aromatic heterocycles. The summed E-state index contributed by atoms with van der Waals surface area (Å²) in [5, 5.41) is 0. The molecule has 0 aliphatic heterocycles. The summed E-state index contributed by atoms with van der Waals surface area (Å²) in [6.07, 6.45) is -4.27. The van der Waals surface area contributed by atoms with E-state index in [2.05, 4.69) is 0 Å². The van der Waals surface area contributed by atoms with Crippen LogP contribution in [0.25, 0.3) is 0 Å². The molecule has 0 N–H and O–H groups in total. The van der Waals surface area contributed by atoms with E-state index in [0.717, 1.165) is 19.1 Å². The predicted molar refractivity (Wildman–Crippen MR) is 46.8 cm³/mol. The molecule has 0 aliphatic rings. The molecule has 0 fully saturated rings. The molecule has 80 valence electrons. The summed E-state index contributed by atoms with van der Waals surface area (Å²) in [6, 6.07) is 2.57. The Hall–Kier alpha value is -1.65. The average molecular weight is 216 g/mol.